The Bertz CT molecular complexity index is 279. The molecule has 1 nitrogen and oxygen atoms in total. The van der Waals surface area contributed by atoms with Gasteiger partial charge < -0.3 is 5.32 Å². The van der Waals surface area contributed by atoms with Gasteiger partial charge in [-0.2, -0.15) is 0 Å². The lowest BCUT2D eigenvalue weighted by Crippen LogP contribution is -2.28. The summed E-state index contributed by atoms with van der Waals surface area (Å²) in [7, 11) is 0. The average molecular weight is 260 g/mol. The van der Waals surface area contributed by atoms with E-state index in [-0.39, 0.29) is 0 Å². The summed E-state index contributed by atoms with van der Waals surface area (Å²) in [5.41, 5.74) is 0. The fraction of sp³-hybridized carbons (Fsp3) is 0.692. The fourth-order valence-electron chi connectivity index (χ4n) is 1.99. The van der Waals surface area contributed by atoms with E-state index in [0.717, 1.165) is 10.9 Å². The summed E-state index contributed by atoms with van der Waals surface area (Å²) in [4.78, 5) is 1.41. The van der Waals surface area contributed by atoms with Gasteiger partial charge in [0.25, 0.3) is 0 Å². The van der Waals surface area contributed by atoms with Gasteiger partial charge in [0.2, 0.25) is 0 Å². The van der Waals surface area contributed by atoms with Gasteiger partial charge in [-0.15, -0.1) is 11.3 Å². The lowest BCUT2D eigenvalue weighted by atomic mass is 10.0. The molecular formula is C13H22ClNS. The van der Waals surface area contributed by atoms with Crippen molar-refractivity contribution in [3.05, 3.63) is 21.3 Å². The number of hydrogen-bond acceptors (Lipinski definition) is 2. The Balaban J connectivity index is 2.21. The Kier molecular flexibility index (Phi) is 7.10. The van der Waals surface area contributed by atoms with Crippen LogP contribution in [0, 0.1) is 0 Å². The largest absolute Gasteiger partial charge is 0.314 e. The lowest BCUT2D eigenvalue weighted by molar-refractivity contribution is 0.448. The summed E-state index contributed by atoms with van der Waals surface area (Å²) >= 11 is 7.62. The minimum absolute atomic E-state index is 0.699. The van der Waals surface area contributed by atoms with Crippen LogP contribution < -0.4 is 5.32 Å². The maximum Gasteiger partial charge on any atom is 0.0931 e. The predicted octanol–water partition coefficient (Wildman–Crippen LogP) is 4.50. The molecule has 92 valence electrons. The molecule has 1 aromatic rings. The Morgan fingerprint density at radius 1 is 1.31 bits per heavy atom. The van der Waals surface area contributed by atoms with Crippen LogP contribution in [-0.2, 0) is 6.42 Å². The van der Waals surface area contributed by atoms with E-state index >= 15 is 0 Å². The molecule has 0 aromatic carbocycles. The molecule has 16 heavy (non-hydrogen) atoms. The molecule has 1 N–H and O–H groups in total. The molecule has 1 heterocycles. The van der Waals surface area contributed by atoms with Crippen molar-refractivity contribution in [2.45, 2.75) is 52.0 Å². The molecule has 0 aliphatic carbocycles. The summed E-state index contributed by atoms with van der Waals surface area (Å²) in [6.45, 7) is 5.51. The van der Waals surface area contributed by atoms with Gasteiger partial charge in [0, 0.05) is 10.9 Å². The highest BCUT2D eigenvalue weighted by Gasteiger charge is 2.06. The summed E-state index contributed by atoms with van der Waals surface area (Å²) in [5, 5.41) is 3.55. The molecule has 1 rings (SSSR count). The maximum atomic E-state index is 5.91. The number of rotatable bonds is 8. The van der Waals surface area contributed by atoms with E-state index in [1.807, 2.05) is 6.07 Å². The third kappa shape index (κ3) is 5.33. The monoisotopic (exact) mass is 259 g/mol. The molecule has 1 atom stereocenters. The molecule has 0 aliphatic rings. The van der Waals surface area contributed by atoms with Gasteiger partial charge >= 0.3 is 0 Å². The van der Waals surface area contributed by atoms with Crippen molar-refractivity contribution in [2.24, 2.45) is 0 Å². The first-order valence-electron chi connectivity index (χ1n) is 6.23. The first-order chi connectivity index (χ1) is 7.76. The number of nitrogens with one attached hydrogen (secondary N) is 1. The van der Waals surface area contributed by atoms with Crippen molar-refractivity contribution in [1.82, 2.24) is 5.32 Å². The third-order valence-electron chi connectivity index (χ3n) is 2.73. The van der Waals surface area contributed by atoms with Crippen molar-refractivity contribution in [3.8, 4) is 0 Å². The highest BCUT2D eigenvalue weighted by atomic mass is 35.5. The second-order valence-corrected chi connectivity index (χ2v) is 5.94. The van der Waals surface area contributed by atoms with Crippen LogP contribution >= 0.6 is 22.9 Å². The fourth-order valence-corrected chi connectivity index (χ4v) is 3.12. The van der Waals surface area contributed by atoms with E-state index in [9.17, 15) is 0 Å². The van der Waals surface area contributed by atoms with Gasteiger partial charge in [0.05, 0.1) is 4.34 Å². The van der Waals surface area contributed by atoms with E-state index in [4.69, 9.17) is 11.6 Å². The average Bonchev–Trinajstić information content (AvgIpc) is 2.65. The molecular weight excluding hydrogens is 238 g/mol. The maximum absolute atomic E-state index is 5.91. The van der Waals surface area contributed by atoms with E-state index in [1.54, 1.807) is 11.3 Å². The van der Waals surface area contributed by atoms with Crippen molar-refractivity contribution in [2.75, 3.05) is 6.54 Å². The molecule has 0 bridgehead atoms. The van der Waals surface area contributed by atoms with Crippen molar-refractivity contribution in [3.63, 3.8) is 0 Å². The summed E-state index contributed by atoms with van der Waals surface area (Å²) in [6, 6.07) is 4.84. The standard InChI is InChI=1S/C13H22ClNS/c1-3-6-11(15-4-2)7-5-8-12-9-10-13(14)16-12/h9-11,15H,3-8H2,1-2H3. The zero-order valence-corrected chi connectivity index (χ0v) is 11.8. The highest BCUT2D eigenvalue weighted by Crippen LogP contribution is 2.23. The quantitative estimate of drug-likeness (QED) is 0.725. The van der Waals surface area contributed by atoms with Crippen molar-refractivity contribution >= 4 is 22.9 Å². The molecule has 0 aliphatic heterocycles. The summed E-state index contributed by atoms with van der Waals surface area (Å²) in [6.07, 6.45) is 6.26. The number of thiophene rings is 1. The van der Waals surface area contributed by atoms with Gasteiger partial charge in [-0.3, -0.25) is 0 Å². The van der Waals surface area contributed by atoms with Gasteiger partial charge in [0.1, 0.15) is 0 Å². The van der Waals surface area contributed by atoms with E-state index in [2.05, 4.69) is 25.2 Å². The van der Waals surface area contributed by atoms with Gasteiger partial charge in [-0.05, 0) is 44.4 Å². The zero-order valence-electron chi connectivity index (χ0n) is 10.3. The van der Waals surface area contributed by atoms with Crippen molar-refractivity contribution < 1.29 is 0 Å². The predicted molar refractivity (Wildman–Crippen MR) is 74.6 cm³/mol. The molecule has 1 aromatic heterocycles. The molecule has 0 spiro atoms. The highest BCUT2D eigenvalue weighted by molar-refractivity contribution is 7.16. The van der Waals surface area contributed by atoms with E-state index in [0.29, 0.717) is 6.04 Å². The second kappa shape index (κ2) is 8.10. The van der Waals surface area contributed by atoms with Crippen LogP contribution in [0.25, 0.3) is 0 Å². The van der Waals surface area contributed by atoms with Crippen LogP contribution in [0.4, 0.5) is 0 Å². The smallest absolute Gasteiger partial charge is 0.0931 e. The molecule has 0 fully saturated rings. The molecule has 0 saturated heterocycles. The first kappa shape index (κ1) is 14.0. The van der Waals surface area contributed by atoms with Crippen LogP contribution in [0.1, 0.15) is 44.4 Å². The van der Waals surface area contributed by atoms with E-state index in [1.165, 1.54) is 37.0 Å². The van der Waals surface area contributed by atoms with Crippen LogP contribution in [0.3, 0.4) is 0 Å². The van der Waals surface area contributed by atoms with Crippen LogP contribution in [0.15, 0.2) is 12.1 Å². The Hall–Kier alpha value is -0.0500. The first-order valence-corrected chi connectivity index (χ1v) is 7.43. The number of halogens is 1. The van der Waals surface area contributed by atoms with E-state index < -0.39 is 0 Å². The summed E-state index contributed by atoms with van der Waals surface area (Å²) < 4.78 is 0.909. The van der Waals surface area contributed by atoms with Crippen LogP contribution in [0.2, 0.25) is 4.34 Å². The Morgan fingerprint density at radius 3 is 2.69 bits per heavy atom. The van der Waals surface area contributed by atoms with Gasteiger partial charge in [0.15, 0.2) is 0 Å². The van der Waals surface area contributed by atoms with Crippen LogP contribution in [-0.4, -0.2) is 12.6 Å². The molecule has 0 amide bonds. The SMILES string of the molecule is CCCC(CCCc1ccc(Cl)s1)NCC. The number of hydrogen-bond donors (Lipinski definition) is 1. The second-order valence-electron chi connectivity index (χ2n) is 4.14. The third-order valence-corrected chi connectivity index (χ3v) is 4.03. The molecule has 1 unspecified atom stereocenters. The lowest BCUT2D eigenvalue weighted by Gasteiger charge is -2.16. The zero-order chi connectivity index (χ0) is 11.8. The normalized spacial score (nSPS) is 12.9. The van der Waals surface area contributed by atoms with Crippen molar-refractivity contribution in [1.29, 1.82) is 0 Å². The topological polar surface area (TPSA) is 12.0 Å². The minimum atomic E-state index is 0.699. The Labute approximate surface area is 108 Å². The van der Waals surface area contributed by atoms with Crippen LogP contribution in [0.5, 0.6) is 0 Å². The molecule has 0 radical (unpaired) electrons. The van der Waals surface area contributed by atoms with Gasteiger partial charge in [-0.1, -0.05) is 31.9 Å². The summed E-state index contributed by atoms with van der Waals surface area (Å²) in [5.74, 6) is 0. The minimum Gasteiger partial charge on any atom is -0.314 e. The Morgan fingerprint density at radius 2 is 2.12 bits per heavy atom. The molecule has 0 saturated carbocycles. The number of aryl methyl sites for hydroxylation is 1. The van der Waals surface area contributed by atoms with Gasteiger partial charge in [-0.25, -0.2) is 0 Å². The molecule has 3 heteroatoms.